The highest BCUT2D eigenvalue weighted by Crippen LogP contribution is 2.60. The highest BCUT2D eigenvalue weighted by atomic mass is 19.1. The Morgan fingerprint density at radius 1 is 0.917 bits per heavy atom. The molecule has 3 aromatic carbocycles. The second-order valence-electron chi connectivity index (χ2n) is 7.96. The van der Waals surface area contributed by atoms with Crippen LogP contribution < -0.4 is 14.2 Å². The highest BCUT2D eigenvalue weighted by Gasteiger charge is 2.56. The lowest BCUT2D eigenvalue weighted by molar-refractivity contribution is -0.132. The van der Waals surface area contributed by atoms with Crippen molar-refractivity contribution in [2.24, 2.45) is 0 Å². The number of carbonyl (C=O) groups is 4. The molecule has 182 valence electrons. The molecule has 1 spiro atoms. The van der Waals surface area contributed by atoms with E-state index in [-0.39, 0.29) is 39.3 Å². The fourth-order valence-electron chi connectivity index (χ4n) is 4.37. The minimum absolute atomic E-state index is 0.0283. The number of hydrogen-bond donors (Lipinski definition) is 1. The first-order valence-electron chi connectivity index (χ1n) is 10.4. The van der Waals surface area contributed by atoms with E-state index in [9.17, 15) is 28.7 Å². The Kier molecular flexibility index (Phi) is 5.02. The summed E-state index contributed by atoms with van der Waals surface area (Å²) in [5.41, 5.74) is -3.05. The molecule has 1 N–H and O–H groups in total. The van der Waals surface area contributed by atoms with E-state index >= 15 is 4.39 Å². The molecule has 1 unspecified atom stereocenters. The summed E-state index contributed by atoms with van der Waals surface area (Å²) >= 11 is 0. The van der Waals surface area contributed by atoms with Crippen molar-refractivity contribution in [2.45, 2.75) is 19.4 Å². The van der Waals surface area contributed by atoms with Crippen molar-refractivity contribution in [3.8, 4) is 23.0 Å². The van der Waals surface area contributed by atoms with Gasteiger partial charge in [0.1, 0.15) is 17.3 Å². The molecule has 0 aromatic heterocycles. The zero-order valence-corrected chi connectivity index (χ0v) is 18.5. The number of hydrogen-bond acceptors (Lipinski definition) is 8. The molecule has 9 nitrogen and oxygen atoms in total. The molecule has 0 amide bonds. The van der Waals surface area contributed by atoms with E-state index in [2.05, 4.69) is 0 Å². The van der Waals surface area contributed by atoms with Gasteiger partial charge in [-0.2, -0.15) is 4.39 Å². The van der Waals surface area contributed by atoms with Crippen LogP contribution in [-0.4, -0.2) is 29.0 Å². The van der Waals surface area contributed by atoms with Crippen LogP contribution in [0.5, 0.6) is 23.0 Å². The summed E-state index contributed by atoms with van der Waals surface area (Å²) in [4.78, 5) is 48.2. The summed E-state index contributed by atoms with van der Waals surface area (Å²) in [6.45, 7) is 2.00. The van der Waals surface area contributed by atoms with Crippen LogP contribution in [0.2, 0.25) is 0 Å². The summed E-state index contributed by atoms with van der Waals surface area (Å²) in [6.07, 6.45) is 0. The van der Waals surface area contributed by atoms with Crippen molar-refractivity contribution >= 4 is 23.9 Å². The maximum absolute atomic E-state index is 15.6. The third-order valence-electron chi connectivity index (χ3n) is 5.66. The van der Waals surface area contributed by atoms with Crippen molar-refractivity contribution in [1.29, 1.82) is 0 Å². The molecule has 0 bridgehead atoms. The number of rotatable bonds is 3. The van der Waals surface area contributed by atoms with Crippen molar-refractivity contribution in [3.05, 3.63) is 81.9 Å². The molecular weight excluding hydrogens is 482 g/mol. The molecule has 36 heavy (non-hydrogen) atoms. The summed E-state index contributed by atoms with van der Waals surface area (Å²) in [7, 11) is 0. The minimum Gasteiger partial charge on any atom is -0.478 e. The molecule has 0 saturated heterocycles. The van der Waals surface area contributed by atoms with Crippen LogP contribution in [0.15, 0.2) is 42.5 Å². The van der Waals surface area contributed by atoms with Gasteiger partial charge in [0, 0.05) is 25.5 Å². The molecule has 0 aliphatic carbocycles. The number of halogens is 2. The van der Waals surface area contributed by atoms with Gasteiger partial charge < -0.3 is 24.1 Å². The van der Waals surface area contributed by atoms with Gasteiger partial charge in [-0.15, -0.1) is 0 Å². The van der Waals surface area contributed by atoms with E-state index in [1.807, 2.05) is 0 Å². The summed E-state index contributed by atoms with van der Waals surface area (Å²) in [6, 6.07) is 7.75. The normalized spacial score (nSPS) is 16.8. The SMILES string of the molecule is CC(=O)Oc1cc2c(c(OC(C)=O)c1F)C1(OC(=O)c3ccc(C(=O)O)cc31)c1cc(F)ccc1O2. The maximum atomic E-state index is 15.6. The second-order valence-corrected chi connectivity index (χ2v) is 7.96. The van der Waals surface area contributed by atoms with Crippen LogP contribution >= 0.6 is 0 Å². The summed E-state index contributed by atoms with van der Waals surface area (Å²) in [5.74, 6) is -7.96. The molecule has 5 rings (SSSR count). The standard InChI is InChI=1S/C25H14F2O9/c1-10(28)33-19-9-18-20(22(21(19)27)34-11(2)29)25(16-8-13(26)4-6-17(16)35-18)15-7-12(23(30)31)3-5-14(15)24(32)36-25/h3-9H,1-2H3,(H,30,31). The van der Waals surface area contributed by atoms with Gasteiger partial charge in [0.05, 0.1) is 22.3 Å². The molecule has 2 heterocycles. The van der Waals surface area contributed by atoms with E-state index in [0.29, 0.717) is 0 Å². The van der Waals surface area contributed by atoms with Crippen LogP contribution in [0.25, 0.3) is 0 Å². The molecule has 0 saturated carbocycles. The zero-order valence-electron chi connectivity index (χ0n) is 18.5. The second kappa shape index (κ2) is 7.87. The topological polar surface area (TPSA) is 125 Å². The highest BCUT2D eigenvalue weighted by molar-refractivity contribution is 5.99. The van der Waals surface area contributed by atoms with Gasteiger partial charge in [0.2, 0.25) is 5.82 Å². The Balaban J connectivity index is 1.94. The lowest BCUT2D eigenvalue weighted by Crippen LogP contribution is -2.34. The number of carbonyl (C=O) groups excluding carboxylic acids is 3. The zero-order chi connectivity index (χ0) is 25.9. The molecule has 0 radical (unpaired) electrons. The Morgan fingerprint density at radius 3 is 2.31 bits per heavy atom. The lowest BCUT2D eigenvalue weighted by Gasteiger charge is -2.37. The predicted octanol–water partition coefficient (Wildman–Crippen LogP) is 4.08. The van der Waals surface area contributed by atoms with Gasteiger partial charge in [-0.25, -0.2) is 14.0 Å². The minimum atomic E-state index is -2.18. The Hall–Kier alpha value is -4.80. The quantitative estimate of drug-likeness (QED) is 0.422. The molecule has 0 fully saturated rings. The maximum Gasteiger partial charge on any atom is 0.340 e. The van der Waals surface area contributed by atoms with E-state index in [4.69, 9.17) is 18.9 Å². The van der Waals surface area contributed by atoms with Gasteiger partial charge in [0.15, 0.2) is 17.1 Å². The summed E-state index contributed by atoms with van der Waals surface area (Å²) < 4.78 is 51.7. The van der Waals surface area contributed by atoms with Gasteiger partial charge in [-0.1, -0.05) is 0 Å². The van der Waals surface area contributed by atoms with Gasteiger partial charge >= 0.3 is 23.9 Å². The lowest BCUT2D eigenvalue weighted by atomic mass is 9.76. The third kappa shape index (κ3) is 3.28. The van der Waals surface area contributed by atoms with Crippen LogP contribution in [-0.2, 0) is 19.9 Å². The van der Waals surface area contributed by atoms with E-state index in [1.54, 1.807) is 0 Å². The van der Waals surface area contributed by atoms with Gasteiger partial charge in [-0.05, 0) is 36.4 Å². The average molecular weight is 496 g/mol. The number of benzene rings is 3. The first-order valence-corrected chi connectivity index (χ1v) is 10.4. The molecular formula is C25H14F2O9. The first-order chi connectivity index (χ1) is 17.0. The number of carboxylic acid groups (broad SMARTS) is 1. The number of ether oxygens (including phenoxy) is 4. The molecule has 11 heteroatoms. The Labute approximate surface area is 200 Å². The average Bonchev–Trinajstić information content (AvgIpc) is 3.09. The van der Waals surface area contributed by atoms with Crippen LogP contribution in [0.3, 0.4) is 0 Å². The Bertz CT molecular complexity index is 1530. The first kappa shape index (κ1) is 23.0. The van der Waals surface area contributed by atoms with E-state index in [1.165, 1.54) is 18.2 Å². The predicted molar refractivity (Wildman–Crippen MR) is 114 cm³/mol. The Morgan fingerprint density at radius 2 is 1.64 bits per heavy atom. The fourth-order valence-corrected chi connectivity index (χ4v) is 4.37. The van der Waals surface area contributed by atoms with Crippen molar-refractivity contribution < 1.29 is 52.0 Å². The number of carboxylic acids is 1. The van der Waals surface area contributed by atoms with E-state index in [0.717, 1.165) is 38.1 Å². The summed E-state index contributed by atoms with van der Waals surface area (Å²) in [5, 5.41) is 9.55. The van der Waals surface area contributed by atoms with Crippen LogP contribution in [0.4, 0.5) is 8.78 Å². The monoisotopic (exact) mass is 496 g/mol. The van der Waals surface area contributed by atoms with Crippen molar-refractivity contribution in [3.63, 3.8) is 0 Å². The molecule has 2 aliphatic rings. The smallest absolute Gasteiger partial charge is 0.340 e. The number of aromatic carboxylic acids is 1. The number of fused-ring (bicyclic) bond motifs is 6. The largest absolute Gasteiger partial charge is 0.478 e. The van der Waals surface area contributed by atoms with Crippen molar-refractivity contribution in [2.75, 3.05) is 0 Å². The van der Waals surface area contributed by atoms with Crippen LogP contribution in [0, 0.1) is 11.6 Å². The van der Waals surface area contributed by atoms with Crippen LogP contribution in [0.1, 0.15) is 51.3 Å². The number of esters is 3. The molecule has 2 aliphatic heterocycles. The van der Waals surface area contributed by atoms with Gasteiger partial charge in [-0.3, -0.25) is 9.59 Å². The molecule has 3 aromatic rings. The van der Waals surface area contributed by atoms with Gasteiger partial charge in [0.25, 0.3) is 0 Å². The third-order valence-corrected chi connectivity index (χ3v) is 5.66. The molecule has 1 atom stereocenters. The van der Waals surface area contributed by atoms with Crippen molar-refractivity contribution in [1.82, 2.24) is 0 Å². The van der Waals surface area contributed by atoms with E-state index < -0.39 is 52.6 Å². The fraction of sp³-hybridized carbons (Fsp3) is 0.120.